The maximum absolute atomic E-state index is 11.6. The van der Waals surface area contributed by atoms with Crippen LogP contribution in [-0.2, 0) is 10.2 Å². The third kappa shape index (κ3) is 1.24. The number of carbonyl (C=O) groups excluding carboxylic acids is 1. The minimum Gasteiger partial charge on any atom is -0.447 e. The summed E-state index contributed by atoms with van der Waals surface area (Å²) in [5.74, 6) is 0. The van der Waals surface area contributed by atoms with Gasteiger partial charge >= 0.3 is 6.09 Å². The maximum Gasteiger partial charge on any atom is 0.413 e. The second-order valence-corrected chi connectivity index (χ2v) is 6.27. The Kier molecular flexibility index (Phi) is 2.11. The first-order valence-electron chi connectivity index (χ1n) is 7.07. The van der Waals surface area contributed by atoms with Crippen LogP contribution in [0, 0.1) is 0 Å². The Balaban J connectivity index is 1.71. The molecule has 2 fully saturated rings. The zero-order valence-corrected chi connectivity index (χ0v) is 11.8. The van der Waals surface area contributed by atoms with Gasteiger partial charge in [0.05, 0.1) is 12.1 Å². The molecule has 1 saturated carbocycles. The Hall–Kier alpha value is -1.97. The Morgan fingerprint density at radius 2 is 2.15 bits per heavy atom. The maximum atomic E-state index is 11.6. The molecule has 0 unspecified atom stereocenters. The van der Waals surface area contributed by atoms with Crippen molar-refractivity contribution in [3.05, 3.63) is 41.6 Å². The lowest BCUT2D eigenvalue weighted by Crippen LogP contribution is -2.59. The summed E-state index contributed by atoms with van der Waals surface area (Å²) in [5, 5.41) is 3.64. The largest absolute Gasteiger partial charge is 0.447 e. The Labute approximate surface area is 118 Å². The number of benzene rings is 1. The summed E-state index contributed by atoms with van der Waals surface area (Å²) < 4.78 is 4.99. The lowest BCUT2D eigenvalue weighted by molar-refractivity contribution is 0.164. The number of rotatable bonds is 1. The van der Waals surface area contributed by atoms with Crippen LogP contribution in [0.4, 0.5) is 10.5 Å². The van der Waals surface area contributed by atoms with E-state index in [9.17, 15) is 4.79 Å². The normalized spacial score (nSPS) is 36.2. The summed E-state index contributed by atoms with van der Waals surface area (Å²) in [5.41, 5.74) is 3.88. The number of para-hydroxylation sites is 1. The van der Waals surface area contributed by atoms with Crippen molar-refractivity contribution in [2.45, 2.75) is 31.2 Å². The van der Waals surface area contributed by atoms with Gasteiger partial charge in [0.2, 0.25) is 0 Å². The molecule has 2 atom stereocenters. The van der Waals surface area contributed by atoms with Crippen LogP contribution >= 0.6 is 0 Å². The van der Waals surface area contributed by atoms with E-state index in [2.05, 4.69) is 43.4 Å². The first-order chi connectivity index (χ1) is 9.54. The number of hydrogen-bond acceptors (Lipinski definition) is 3. The van der Waals surface area contributed by atoms with E-state index < -0.39 is 0 Å². The van der Waals surface area contributed by atoms with Gasteiger partial charge in [-0.1, -0.05) is 25.1 Å². The van der Waals surface area contributed by atoms with Gasteiger partial charge < -0.3 is 10.1 Å². The molecule has 1 amide bonds. The molecule has 20 heavy (non-hydrogen) atoms. The minimum atomic E-state index is -0.231. The molecule has 3 aliphatic rings. The highest BCUT2D eigenvalue weighted by molar-refractivity contribution is 5.74. The highest BCUT2D eigenvalue weighted by Crippen LogP contribution is 2.62. The standard InChI is InChI=1S/C16H18N2O2/c1-15-9-11(10-18-7-8-20-14(18)19)16(15,2)17-13-6-4-3-5-12(13)15/h3-6,10,17H,7-9H2,1-2H3/b11-10-/t15-,16-/m1/s1. The van der Waals surface area contributed by atoms with E-state index in [4.69, 9.17) is 4.74 Å². The summed E-state index contributed by atoms with van der Waals surface area (Å²) in [6.07, 6.45) is 2.73. The molecular formula is C16H18N2O2. The summed E-state index contributed by atoms with van der Waals surface area (Å²) in [4.78, 5) is 13.3. The van der Waals surface area contributed by atoms with Crippen molar-refractivity contribution >= 4 is 11.8 Å². The number of cyclic esters (lactones) is 1. The number of nitrogens with one attached hydrogen (secondary N) is 1. The molecule has 1 saturated heterocycles. The average molecular weight is 270 g/mol. The fourth-order valence-electron chi connectivity index (χ4n) is 3.79. The average Bonchev–Trinajstić information content (AvgIpc) is 2.90. The van der Waals surface area contributed by atoms with E-state index in [0.29, 0.717) is 13.2 Å². The molecule has 2 heterocycles. The van der Waals surface area contributed by atoms with Gasteiger partial charge in [-0.25, -0.2) is 4.79 Å². The van der Waals surface area contributed by atoms with Gasteiger partial charge in [0.1, 0.15) is 6.61 Å². The van der Waals surface area contributed by atoms with Gasteiger partial charge in [-0.2, -0.15) is 0 Å². The third-order valence-electron chi connectivity index (χ3n) is 5.30. The Morgan fingerprint density at radius 1 is 1.35 bits per heavy atom. The van der Waals surface area contributed by atoms with Crippen LogP contribution in [0.3, 0.4) is 0 Å². The lowest BCUT2D eigenvalue weighted by Gasteiger charge is -2.54. The quantitative estimate of drug-likeness (QED) is 0.853. The molecule has 4 rings (SSSR count). The predicted molar refractivity (Wildman–Crippen MR) is 76.6 cm³/mol. The van der Waals surface area contributed by atoms with E-state index in [1.807, 2.05) is 6.20 Å². The van der Waals surface area contributed by atoms with Gasteiger partial charge in [-0.3, -0.25) is 4.90 Å². The van der Waals surface area contributed by atoms with Crippen LogP contribution in [0.5, 0.6) is 0 Å². The fourth-order valence-corrected chi connectivity index (χ4v) is 3.79. The van der Waals surface area contributed by atoms with Gasteiger partial charge in [-0.05, 0) is 30.5 Å². The Morgan fingerprint density at radius 3 is 2.90 bits per heavy atom. The summed E-state index contributed by atoms with van der Waals surface area (Å²) >= 11 is 0. The third-order valence-corrected chi connectivity index (χ3v) is 5.30. The number of carbonyl (C=O) groups is 1. The molecule has 2 aliphatic heterocycles. The minimum absolute atomic E-state index is 0.0977. The number of hydrogen-bond donors (Lipinski definition) is 1. The number of ether oxygens (including phenoxy) is 1. The van der Waals surface area contributed by atoms with Crippen molar-refractivity contribution < 1.29 is 9.53 Å². The number of nitrogens with zero attached hydrogens (tertiary/aromatic N) is 1. The van der Waals surface area contributed by atoms with E-state index in [0.717, 1.165) is 6.42 Å². The van der Waals surface area contributed by atoms with Gasteiger partial charge in [0.15, 0.2) is 0 Å². The van der Waals surface area contributed by atoms with Crippen molar-refractivity contribution in [2.75, 3.05) is 18.5 Å². The number of amides is 1. The molecule has 1 aliphatic carbocycles. The molecule has 0 radical (unpaired) electrons. The van der Waals surface area contributed by atoms with E-state index in [1.165, 1.54) is 16.8 Å². The molecule has 1 N–H and O–H groups in total. The van der Waals surface area contributed by atoms with Crippen LogP contribution in [0.2, 0.25) is 0 Å². The number of anilines is 1. The number of fused-ring (bicyclic) bond motifs is 3. The second kappa shape index (κ2) is 3.57. The topological polar surface area (TPSA) is 41.6 Å². The Bertz CT molecular complexity index is 639. The molecule has 1 aromatic rings. The van der Waals surface area contributed by atoms with E-state index in [-0.39, 0.29) is 17.0 Å². The van der Waals surface area contributed by atoms with Crippen LogP contribution in [0.25, 0.3) is 0 Å². The monoisotopic (exact) mass is 270 g/mol. The van der Waals surface area contributed by atoms with Crippen molar-refractivity contribution in [1.29, 1.82) is 0 Å². The molecule has 104 valence electrons. The molecule has 4 heteroatoms. The van der Waals surface area contributed by atoms with Crippen molar-refractivity contribution in [1.82, 2.24) is 4.90 Å². The highest BCUT2D eigenvalue weighted by Gasteiger charge is 2.62. The summed E-state index contributed by atoms with van der Waals surface area (Å²) in [6, 6.07) is 8.49. The fraction of sp³-hybridized carbons (Fsp3) is 0.438. The molecule has 0 aromatic heterocycles. The van der Waals surface area contributed by atoms with Crippen molar-refractivity contribution in [3.63, 3.8) is 0 Å². The lowest BCUT2D eigenvalue weighted by atomic mass is 9.53. The van der Waals surface area contributed by atoms with Gasteiger partial charge in [0, 0.05) is 17.3 Å². The van der Waals surface area contributed by atoms with Crippen LogP contribution in [-0.4, -0.2) is 29.7 Å². The predicted octanol–water partition coefficient (Wildman–Crippen LogP) is 2.87. The zero-order valence-electron chi connectivity index (χ0n) is 11.8. The SMILES string of the molecule is C[C@]12Nc3ccccc3[C@@]1(C)C/C2=C/N1CCOC1=O. The van der Waals surface area contributed by atoms with Crippen LogP contribution < -0.4 is 5.32 Å². The van der Waals surface area contributed by atoms with Crippen LogP contribution in [0.15, 0.2) is 36.0 Å². The summed E-state index contributed by atoms with van der Waals surface area (Å²) in [7, 11) is 0. The smallest absolute Gasteiger partial charge is 0.413 e. The molecule has 0 spiro atoms. The first-order valence-corrected chi connectivity index (χ1v) is 7.07. The van der Waals surface area contributed by atoms with E-state index in [1.54, 1.807) is 4.90 Å². The molecule has 0 bridgehead atoms. The summed E-state index contributed by atoms with van der Waals surface area (Å²) in [6.45, 7) is 5.67. The van der Waals surface area contributed by atoms with Gasteiger partial charge in [-0.15, -0.1) is 0 Å². The zero-order chi connectivity index (χ0) is 14.0. The molecular weight excluding hydrogens is 252 g/mol. The molecule has 1 aromatic carbocycles. The van der Waals surface area contributed by atoms with Crippen LogP contribution in [0.1, 0.15) is 25.8 Å². The molecule has 4 nitrogen and oxygen atoms in total. The van der Waals surface area contributed by atoms with Crippen molar-refractivity contribution in [3.8, 4) is 0 Å². The second-order valence-electron chi connectivity index (χ2n) is 6.27. The van der Waals surface area contributed by atoms with Gasteiger partial charge in [0.25, 0.3) is 0 Å². The first kappa shape index (κ1) is 11.8. The van der Waals surface area contributed by atoms with Crippen molar-refractivity contribution in [2.24, 2.45) is 0 Å². The highest BCUT2D eigenvalue weighted by atomic mass is 16.6. The van der Waals surface area contributed by atoms with E-state index >= 15 is 0 Å².